The van der Waals surface area contributed by atoms with Crippen LogP contribution in [0.25, 0.3) is 0 Å². The first-order valence-corrected chi connectivity index (χ1v) is 9.60. The highest BCUT2D eigenvalue weighted by molar-refractivity contribution is 8.30. The number of benzene rings is 1. The van der Waals surface area contributed by atoms with Gasteiger partial charge in [0.05, 0.1) is 0 Å². The number of hydrogen-bond acceptors (Lipinski definition) is 4. The summed E-state index contributed by atoms with van der Waals surface area (Å²) in [6, 6.07) is 3.88. The molecule has 6 heteroatoms. The van der Waals surface area contributed by atoms with Crippen molar-refractivity contribution in [1.82, 2.24) is 4.72 Å². The second-order valence-electron chi connectivity index (χ2n) is 5.98. The summed E-state index contributed by atoms with van der Waals surface area (Å²) in [6.07, 6.45) is 7.31. The van der Waals surface area contributed by atoms with E-state index in [1.54, 1.807) is 0 Å². The van der Waals surface area contributed by atoms with Gasteiger partial charge in [-0.05, 0) is 50.7 Å². The lowest BCUT2D eigenvalue weighted by Crippen LogP contribution is -2.22. The molecule has 5 nitrogen and oxygen atoms in total. The first-order chi connectivity index (χ1) is 10.0. The maximum Gasteiger partial charge on any atom is 0.342 e. The Bertz CT molecular complexity index is 608. The van der Waals surface area contributed by atoms with E-state index in [0.717, 1.165) is 16.7 Å². The molecular formula is C16H24N2O3S. The number of aryl methyl sites for hydroxylation is 3. The van der Waals surface area contributed by atoms with Crippen molar-refractivity contribution in [1.29, 1.82) is 5.41 Å². The fourth-order valence-electron chi connectivity index (χ4n) is 1.94. The van der Waals surface area contributed by atoms with Gasteiger partial charge in [0.1, 0.15) is 11.3 Å². The minimum atomic E-state index is -1.19. The Labute approximate surface area is 133 Å². The molecule has 1 aromatic carbocycles. The molecule has 0 aliphatic carbocycles. The van der Waals surface area contributed by atoms with Gasteiger partial charge in [0.15, 0.2) is 0 Å². The van der Waals surface area contributed by atoms with Crippen LogP contribution in [0.2, 0.25) is 0 Å². The van der Waals surface area contributed by atoms with Crippen LogP contribution in [-0.2, 0) is 4.79 Å². The lowest BCUT2D eigenvalue weighted by molar-refractivity contribution is -0.132. The molecule has 0 saturated carbocycles. The van der Waals surface area contributed by atoms with E-state index in [-0.39, 0.29) is 11.5 Å². The van der Waals surface area contributed by atoms with Gasteiger partial charge >= 0.3 is 5.97 Å². The maximum absolute atomic E-state index is 11.4. The highest BCUT2D eigenvalue weighted by atomic mass is 32.3. The molecule has 0 amide bonds. The molecule has 0 radical (unpaired) electrons. The average molecular weight is 324 g/mol. The molecule has 122 valence electrons. The third kappa shape index (κ3) is 5.11. The fourth-order valence-corrected chi connectivity index (χ4v) is 2.42. The smallest absolute Gasteiger partial charge is 0.342 e. The summed E-state index contributed by atoms with van der Waals surface area (Å²) in [5.41, 5.74) is 2.66. The molecule has 0 aromatic heterocycles. The summed E-state index contributed by atoms with van der Waals surface area (Å²) in [5.74, 6) is -1.03. The number of rotatable bonds is 5. The third-order valence-corrected chi connectivity index (χ3v) is 3.67. The molecule has 22 heavy (non-hydrogen) atoms. The number of ether oxygens (including phenoxy) is 1. The summed E-state index contributed by atoms with van der Waals surface area (Å²) in [7, 11) is -1.12. The summed E-state index contributed by atoms with van der Waals surface area (Å²) in [5, 5.41) is 17.2. The number of aliphatic carboxylic acids is 1. The van der Waals surface area contributed by atoms with Gasteiger partial charge in [-0.25, -0.2) is 4.79 Å². The lowest BCUT2D eigenvalue weighted by Gasteiger charge is -2.26. The van der Waals surface area contributed by atoms with E-state index in [9.17, 15) is 9.90 Å². The van der Waals surface area contributed by atoms with E-state index in [4.69, 9.17) is 10.1 Å². The number of nitrogens with one attached hydrogen (secondary N) is 2. The first kappa shape index (κ1) is 18.1. The van der Waals surface area contributed by atoms with Crippen molar-refractivity contribution in [2.75, 3.05) is 18.8 Å². The summed E-state index contributed by atoms with van der Waals surface area (Å²) < 4.78 is 8.55. The van der Waals surface area contributed by atoms with Crippen LogP contribution in [-0.4, -0.2) is 35.7 Å². The van der Waals surface area contributed by atoms with Gasteiger partial charge in [-0.2, -0.15) is 10.2 Å². The second kappa shape index (κ2) is 6.87. The normalized spacial score (nSPS) is 12.7. The Hall–Kier alpha value is -1.95. The summed E-state index contributed by atoms with van der Waals surface area (Å²) in [6.45, 7) is 5.74. The van der Waals surface area contributed by atoms with Crippen molar-refractivity contribution in [3.63, 3.8) is 0 Å². The first-order valence-electron chi connectivity index (χ1n) is 6.75. The summed E-state index contributed by atoms with van der Waals surface area (Å²) >= 11 is 0. The molecule has 3 N–H and O–H groups in total. The van der Waals surface area contributed by atoms with Gasteiger partial charge in [-0.15, -0.1) is 0 Å². The van der Waals surface area contributed by atoms with E-state index < -0.39 is 16.2 Å². The molecule has 0 aliphatic heterocycles. The van der Waals surface area contributed by atoms with Gasteiger partial charge < -0.3 is 14.6 Å². The average Bonchev–Trinajstić information content (AvgIpc) is 2.31. The van der Waals surface area contributed by atoms with Gasteiger partial charge in [-0.1, -0.05) is 17.7 Å². The quantitative estimate of drug-likeness (QED) is 0.441. The predicted molar refractivity (Wildman–Crippen MR) is 93.2 cm³/mol. The highest BCUT2D eigenvalue weighted by Crippen LogP contribution is 2.29. The topological polar surface area (TPSA) is 82.4 Å². The molecule has 0 saturated heterocycles. The second-order valence-corrected chi connectivity index (χ2v) is 9.89. The van der Waals surface area contributed by atoms with E-state index >= 15 is 0 Å². The maximum atomic E-state index is 11.4. The Morgan fingerprint density at radius 1 is 1.23 bits per heavy atom. The van der Waals surface area contributed by atoms with Gasteiger partial charge in [0, 0.05) is 6.20 Å². The van der Waals surface area contributed by atoms with E-state index in [1.807, 2.05) is 51.7 Å². The standard InChI is InChI=1S/C16H24N2O3S/c1-10-7-11(2)14(12(3)8-10)21-15(17)13(16(19)20)9-18-22(4,5)6/h7-9,17-18H,1-6H3,(H,19,20)/b13-9+,17-15?. The predicted octanol–water partition coefficient (Wildman–Crippen LogP) is 3.14. The molecule has 1 rings (SSSR count). The molecule has 0 heterocycles. The zero-order valence-corrected chi connectivity index (χ0v) is 14.7. The summed E-state index contributed by atoms with van der Waals surface area (Å²) in [4.78, 5) is 11.4. The van der Waals surface area contributed by atoms with Crippen LogP contribution in [0.4, 0.5) is 0 Å². The fraction of sp³-hybridized carbons (Fsp3) is 0.375. The molecule has 0 spiro atoms. The van der Waals surface area contributed by atoms with Crippen LogP contribution in [0.1, 0.15) is 16.7 Å². The lowest BCUT2D eigenvalue weighted by atomic mass is 10.1. The minimum absolute atomic E-state index is 0.193. The van der Waals surface area contributed by atoms with Crippen molar-refractivity contribution in [3.8, 4) is 5.75 Å². The van der Waals surface area contributed by atoms with Crippen molar-refractivity contribution >= 4 is 22.1 Å². The zero-order valence-electron chi connectivity index (χ0n) is 13.9. The van der Waals surface area contributed by atoms with Gasteiger partial charge in [0.25, 0.3) is 0 Å². The number of hydrogen-bond donors (Lipinski definition) is 3. The van der Waals surface area contributed by atoms with Crippen molar-refractivity contribution in [2.45, 2.75) is 20.8 Å². The van der Waals surface area contributed by atoms with Crippen LogP contribution in [0.3, 0.4) is 0 Å². The number of carboxylic acid groups (broad SMARTS) is 1. The van der Waals surface area contributed by atoms with Crippen molar-refractivity contribution in [3.05, 3.63) is 40.6 Å². The zero-order chi connectivity index (χ0) is 17.1. The van der Waals surface area contributed by atoms with E-state index in [0.29, 0.717) is 5.75 Å². The Morgan fingerprint density at radius 2 is 1.73 bits per heavy atom. The largest absolute Gasteiger partial charge is 0.477 e. The molecule has 0 atom stereocenters. The van der Waals surface area contributed by atoms with E-state index in [1.165, 1.54) is 6.20 Å². The molecule has 0 fully saturated rings. The molecule has 0 unspecified atom stereocenters. The van der Waals surface area contributed by atoms with Crippen LogP contribution >= 0.6 is 10.2 Å². The van der Waals surface area contributed by atoms with Gasteiger partial charge in [0.2, 0.25) is 5.90 Å². The van der Waals surface area contributed by atoms with Crippen LogP contribution < -0.4 is 9.46 Å². The minimum Gasteiger partial charge on any atom is -0.477 e. The molecule has 1 aromatic rings. The number of carbonyl (C=O) groups is 1. The molecule has 0 aliphatic rings. The highest BCUT2D eigenvalue weighted by Gasteiger charge is 2.18. The van der Waals surface area contributed by atoms with E-state index in [2.05, 4.69) is 4.72 Å². The van der Waals surface area contributed by atoms with Crippen molar-refractivity contribution in [2.24, 2.45) is 0 Å². The van der Waals surface area contributed by atoms with Crippen LogP contribution in [0.5, 0.6) is 5.75 Å². The Balaban J connectivity index is 3.06. The van der Waals surface area contributed by atoms with Crippen LogP contribution in [0.15, 0.2) is 23.9 Å². The monoisotopic (exact) mass is 324 g/mol. The van der Waals surface area contributed by atoms with Gasteiger partial charge in [-0.3, -0.25) is 5.41 Å². The Kier molecular flexibility index (Phi) is 5.65. The number of carboxylic acids is 1. The SMILES string of the molecule is Cc1cc(C)c(OC(=N)/C(=C\NS(C)(C)C)C(=O)O)c(C)c1. The Morgan fingerprint density at radius 3 is 2.14 bits per heavy atom. The molecular weight excluding hydrogens is 300 g/mol. The molecule has 0 bridgehead atoms. The van der Waals surface area contributed by atoms with Crippen molar-refractivity contribution < 1.29 is 14.6 Å². The van der Waals surface area contributed by atoms with Crippen LogP contribution in [0, 0.1) is 26.2 Å². The third-order valence-electron chi connectivity index (χ3n) is 2.84.